The first-order valence-corrected chi connectivity index (χ1v) is 13.2. The van der Waals surface area contributed by atoms with E-state index in [1.807, 2.05) is 27.7 Å². The summed E-state index contributed by atoms with van der Waals surface area (Å²) in [5.74, 6) is -1.34. The van der Waals surface area contributed by atoms with Crippen LogP contribution in [-0.4, -0.2) is 92.4 Å². The lowest BCUT2D eigenvalue weighted by atomic mass is 9.65. The van der Waals surface area contributed by atoms with Gasteiger partial charge in [0.15, 0.2) is 0 Å². The third-order valence-electron chi connectivity index (χ3n) is 8.03. The van der Waals surface area contributed by atoms with Gasteiger partial charge in [-0.1, -0.05) is 32.9 Å². The zero-order chi connectivity index (χ0) is 25.5. The molecule has 3 aliphatic rings. The van der Waals surface area contributed by atoms with Crippen LogP contribution in [0.1, 0.15) is 41.0 Å². The number of fused-ring (bicyclic) bond motifs is 1. The third-order valence-corrected chi connectivity index (χ3v) is 10.1. The summed E-state index contributed by atoms with van der Waals surface area (Å²) in [5.41, 5.74) is 0. The van der Waals surface area contributed by atoms with E-state index in [1.165, 1.54) is 0 Å². The molecule has 3 saturated heterocycles. The number of aliphatic hydroxyl groups excluding tert-OH is 1. The van der Waals surface area contributed by atoms with Crippen LogP contribution in [0.2, 0.25) is 0 Å². The second-order valence-electron chi connectivity index (χ2n) is 10.7. The van der Waals surface area contributed by atoms with Crippen LogP contribution in [0.3, 0.4) is 0 Å². The summed E-state index contributed by atoms with van der Waals surface area (Å²) >= 11 is 1.67. The molecule has 8 heteroatoms. The van der Waals surface area contributed by atoms with Crippen molar-refractivity contribution in [1.29, 1.82) is 0 Å². The number of aliphatic hydroxyl groups is 1. The van der Waals surface area contributed by atoms with Crippen molar-refractivity contribution in [2.45, 2.75) is 69.2 Å². The molecule has 34 heavy (non-hydrogen) atoms. The largest absolute Gasteiger partial charge is 0.394 e. The van der Waals surface area contributed by atoms with Crippen molar-refractivity contribution in [2.75, 3.05) is 26.7 Å². The molecule has 3 fully saturated rings. The number of carbonyl (C=O) groups is 3. The average molecular weight is 492 g/mol. The summed E-state index contributed by atoms with van der Waals surface area (Å²) in [5, 5.41) is 10.3. The minimum absolute atomic E-state index is 0.000281. The van der Waals surface area contributed by atoms with Crippen molar-refractivity contribution in [1.82, 2.24) is 14.7 Å². The van der Waals surface area contributed by atoms with Crippen LogP contribution in [0.5, 0.6) is 0 Å². The number of likely N-dealkylation sites (tertiary alicyclic amines) is 1. The van der Waals surface area contributed by atoms with Gasteiger partial charge >= 0.3 is 0 Å². The Morgan fingerprint density at radius 2 is 1.82 bits per heavy atom. The monoisotopic (exact) mass is 491 g/mol. The van der Waals surface area contributed by atoms with Crippen LogP contribution in [0.25, 0.3) is 0 Å². The molecule has 2 bridgehead atoms. The number of hydrogen-bond acceptors (Lipinski definition) is 5. The van der Waals surface area contributed by atoms with Gasteiger partial charge in [-0.3, -0.25) is 14.4 Å². The molecule has 7 atom stereocenters. The minimum atomic E-state index is -0.723. The Bertz CT molecular complexity index is 846. The Hall–Kier alpha value is -1.80. The van der Waals surface area contributed by atoms with Crippen molar-refractivity contribution in [3.8, 4) is 0 Å². The summed E-state index contributed by atoms with van der Waals surface area (Å²) < 4.78 is -0.690. The summed E-state index contributed by atoms with van der Waals surface area (Å²) in [7, 11) is 1.74. The molecule has 190 valence electrons. The molecule has 1 spiro atoms. The van der Waals surface area contributed by atoms with Crippen LogP contribution in [-0.2, 0) is 14.4 Å². The van der Waals surface area contributed by atoms with E-state index >= 15 is 0 Å². The van der Waals surface area contributed by atoms with E-state index < -0.39 is 28.7 Å². The molecule has 3 amide bonds. The van der Waals surface area contributed by atoms with Crippen molar-refractivity contribution in [3.63, 3.8) is 0 Å². The first kappa shape index (κ1) is 26.8. The van der Waals surface area contributed by atoms with Crippen LogP contribution < -0.4 is 0 Å². The van der Waals surface area contributed by atoms with Gasteiger partial charge in [0.25, 0.3) is 0 Å². The number of carbonyl (C=O) groups excluding carboxylic acids is 3. The molecule has 3 rings (SSSR count). The highest BCUT2D eigenvalue weighted by Gasteiger charge is 2.77. The first-order valence-electron chi connectivity index (χ1n) is 12.4. The van der Waals surface area contributed by atoms with E-state index in [-0.39, 0.29) is 47.5 Å². The maximum Gasteiger partial charge on any atom is 0.247 e. The van der Waals surface area contributed by atoms with Gasteiger partial charge in [-0.25, -0.2) is 0 Å². The number of hydrogen-bond donors (Lipinski definition) is 1. The molecule has 0 aliphatic carbocycles. The fraction of sp³-hybridized carbons (Fsp3) is 0.731. The SMILES string of the molecule is C=CCN(C)C(=O)[C@@H]1[C@H]2C(=O)N([C@@H](CO)C(C)C)C(C(=O)N(CC=C)C(C)C)C23S[C@@H]1CC3C. The predicted molar refractivity (Wildman–Crippen MR) is 136 cm³/mol. The van der Waals surface area contributed by atoms with E-state index in [4.69, 9.17) is 0 Å². The van der Waals surface area contributed by atoms with Crippen molar-refractivity contribution in [2.24, 2.45) is 23.7 Å². The Morgan fingerprint density at radius 3 is 2.32 bits per heavy atom. The van der Waals surface area contributed by atoms with Crippen LogP contribution in [0, 0.1) is 23.7 Å². The first-order chi connectivity index (χ1) is 16.0. The number of likely N-dealkylation sites (N-methyl/N-ethyl adjacent to an activating group) is 1. The normalized spacial score (nSPS) is 32.8. The highest BCUT2D eigenvalue weighted by atomic mass is 32.2. The molecule has 0 aromatic rings. The summed E-state index contributed by atoms with van der Waals surface area (Å²) in [6, 6.07) is -1.29. The molecule has 3 aliphatic heterocycles. The number of nitrogens with zero attached hydrogens (tertiary/aromatic N) is 3. The molecule has 3 unspecified atom stereocenters. The zero-order valence-electron chi connectivity index (χ0n) is 21.4. The molecular weight excluding hydrogens is 450 g/mol. The number of thioether (sulfide) groups is 1. The molecule has 7 nitrogen and oxygen atoms in total. The quantitative estimate of drug-likeness (QED) is 0.475. The summed E-state index contributed by atoms with van der Waals surface area (Å²) in [6.07, 6.45) is 4.18. The number of amides is 3. The van der Waals surface area contributed by atoms with E-state index in [0.29, 0.717) is 13.1 Å². The van der Waals surface area contributed by atoms with Gasteiger partial charge in [0.1, 0.15) is 6.04 Å². The van der Waals surface area contributed by atoms with E-state index in [2.05, 4.69) is 20.1 Å². The fourth-order valence-electron chi connectivity index (χ4n) is 6.39. The molecule has 0 aromatic carbocycles. The standard InChI is InChI=1S/C26H41N3O4S/c1-9-11-27(8)23(31)20-19-13-17(7)26(34-19)21(20)24(32)29(18(14-30)15(3)4)22(26)25(33)28(12-10-2)16(5)6/h9-10,15-22,30H,1-2,11-14H2,3-8H3/t17?,18-,19+,20-,21-,22?,26?/m0/s1. The van der Waals surface area contributed by atoms with Crippen LogP contribution >= 0.6 is 11.8 Å². The molecule has 3 heterocycles. The molecule has 0 aromatic heterocycles. The predicted octanol–water partition coefficient (Wildman–Crippen LogP) is 2.41. The molecular formula is C26H41N3O4S. The highest BCUT2D eigenvalue weighted by molar-refractivity contribution is 8.02. The van der Waals surface area contributed by atoms with Crippen molar-refractivity contribution < 1.29 is 19.5 Å². The lowest BCUT2D eigenvalue weighted by molar-refractivity contribution is -0.148. The van der Waals surface area contributed by atoms with Crippen LogP contribution in [0.15, 0.2) is 25.3 Å². The van der Waals surface area contributed by atoms with Gasteiger partial charge in [0.05, 0.1) is 29.2 Å². The Balaban J connectivity index is 2.17. The van der Waals surface area contributed by atoms with Gasteiger partial charge in [0.2, 0.25) is 17.7 Å². The summed E-state index contributed by atoms with van der Waals surface area (Å²) in [6.45, 7) is 18.1. The van der Waals surface area contributed by atoms with Crippen LogP contribution in [0.4, 0.5) is 0 Å². The Kier molecular flexibility index (Phi) is 7.92. The maximum atomic E-state index is 14.2. The summed E-state index contributed by atoms with van der Waals surface area (Å²) in [4.78, 5) is 47.1. The average Bonchev–Trinajstić information content (AvgIpc) is 3.35. The minimum Gasteiger partial charge on any atom is -0.394 e. The van der Waals surface area contributed by atoms with Gasteiger partial charge in [0, 0.05) is 31.4 Å². The number of rotatable bonds is 10. The second-order valence-corrected chi connectivity index (χ2v) is 12.2. The highest BCUT2D eigenvalue weighted by Crippen LogP contribution is 2.69. The van der Waals surface area contributed by atoms with Crippen molar-refractivity contribution in [3.05, 3.63) is 25.3 Å². The lowest BCUT2D eigenvalue weighted by Crippen LogP contribution is -2.60. The second kappa shape index (κ2) is 10.1. The topological polar surface area (TPSA) is 81.2 Å². The van der Waals surface area contributed by atoms with Gasteiger partial charge in [-0.05, 0) is 32.1 Å². The lowest BCUT2D eigenvalue weighted by Gasteiger charge is -2.43. The van der Waals surface area contributed by atoms with E-state index in [0.717, 1.165) is 6.42 Å². The Labute approximate surface area is 208 Å². The zero-order valence-corrected chi connectivity index (χ0v) is 22.3. The third kappa shape index (κ3) is 3.91. The molecule has 1 N–H and O–H groups in total. The van der Waals surface area contributed by atoms with Crippen molar-refractivity contribution >= 4 is 29.5 Å². The molecule has 0 saturated carbocycles. The maximum absolute atomic E-state index is 14.2. The van der Waals surface area contributed by atoms with Gasteiger partial charge in [-0.2, -0.15) is 0 Å². The molecule has 0 radical (unpaired) electrons. The van der Waals surface area contributed by atoms with Gasteiger partial charge in [-0.15, -0.1) is 24.9 Å². The Morgan fingerprint density at radius 1 is 1.21 bits per heavy atom. The smallest absolute Gasteiger partial charge is 0.247 e. The van der Waals surface area contributed by atoms with E-state index in [9.17, 15) is 19.5 Å². The van der Waals surface area contributed by atoms with Gasteiger partial charge < -0.3 is 19.8 Å². The fourth-order valence-corrected chi connectivity index (χ4v) is 8.78. The van der Waals surface area contributed by atoms with E-state index in [1.54, 1.807) is 45.7 Å².